The number of nitrogens with one attached hydrogen (secondary N) is 1. The number of carbonyl (C=O) groups is 1. The van der Waals surface area contributed by atoms with Gasteiger partial charge in [-0.1, -0.05) is 12.1 Å². The summed E-state index contributed by atoms with van der Waals surface area (Å²) >= 11 is 0. The number of nitrogens with zero attached hydrogens (tertiary/aromatic N) is 2. The molecule has 0 aliphatic heterocycles. The van der Waals surface area contributed by atoms with Gasteiger partial charge in [-0.3, -0.25) is 9.48 Å². The third-order valence-corrected chi connectivity index (χ3v) is 4.32. The molecule has 0 aliphatic rings. The van der Waals surface area contributed by atoms with Crippen molar-refractivity contribution in [2.45, 2.75) is 38.3 Å². The predicted molar refractivity (Wildman–Crippen MR) is 86.0 cm³/mol. The maximum Gasteiger partial charge on any atom is 0.238 e. The van der Waals surface area contributed by atoms with Crippen LogP contribution in [0.4, 0.5) is 0 Å². The SMILES string of the molecule is Cc1cc(C)n(CCC(=O)NCc2ccc(S(N)(=O)=O)cc2)n1. The standard InChI is InChI=1S/C15H20N4O3S/c1-11-9-12(2)19(18-11)8-7-15(20)17-10-13-3-5-14(6-4-13)23(16,21)22/h3-6,9H,7-8,10H2,1-2H3,(H,17,20)(H2,16,21,22). The van der Waals surface area contributed by atoms with Crippen LogP contribution in [0.1, 0.15) is 23.4 Å². The normalized spacial score (nSPS) is 11.4. The van der Waals surface area contributed by atoms with E-state index in [1.807, 2.05) is 19.9 Å². The molecule has 8 heteroatoms. The minimum Gasteiger partial charge on any atom is -0.352 e. The Kier molecular flexibility index (Phi) is 5.17. The molecule has 1 aromatic heterocycles. The molecule has 2 aromatic rings. The van der Waals surface area contributed by atoms with E-state index in [4.69, 9.17) is 5.14 Å². The quantitative estimate of drug-likeness (QED) is 0.815. The Balaban J connectivity index is 1.83. The van der Waals surface area contributed by atoms with E-state index >= 15 is 0 Å². The molecule has 0 spiro atoms. The summed E-state index contributed by atoms with van der Waals surface area (Å²) in [6, 6.07) is 8.06. The van der Waals surface area contributed by atoms with Crippen molar-refractivity contribution in [3.63, 3.8) is 0 Å². The minimum absolute atomic E-state index is 0.0529. The number of aromatic nitrogens is 2. The van der Waals surface area contributed by atoms with Crippen molar-refractivity contribution in [1.82, 2.24) is 15.1 Å². The van der Waals surface area contributed by atoms with Gasteiger partial charge in [0.2, 0.25) is 15.9 Å². The molecular weight excluding hydrogens is 316 g/mol. The Labute approximate surface area is 135 Å². The molecule has 124 valence electrons. The molecule has 2 rings (SSSR count). The number of primary sulfonamides is 1. The fourth-order valence-electron chi connectivity index (χ4n) is 2.19. The van der Waals surface area contributed by atoms with Crippen LogP contribution < -0.4 is 10.5 Å². The number of hydrogen-bond acceptors (Lipinski definition) is 4. The predicted octanol–water partition coefficient (Wildman–Crippen LogP) is 0.854. The van der Waals surface area contributed by atoms with Crippen molar-refractivity contribution in [2.75, 3.05) is 0 Å². The first kappa shape index (κ1) is 17.2. The number of hydrogen-bond donors (Lipinski definition) is 2. The van der Waals surface area contributed by atoms with Crippen LogP contribution in [0.25, 0.3) is 0 Å². The van der Waals surface area contributed by atoms with Crippen LogP contribution in [-0.4, -0.2) is 24.1 Å². The first-order valence-electron chi connectivity index (χ1n) is 7.15. The minimum atomic E-state index is -3.69. The van der Waals surface area contributed by atoms with Gasteiger partial charge in [-0.05, 0) is 37.6 Å². The highest BCUT2D eigenvalue weighted by atomic mass is 32.2. The monoisotopic (exact) mass is 336 g/mol. The van der Waals surface area contributed by atoms with E-state index in [0.29, 0.717) is 19.5 Å². The Morgan fingerprint density at radius 2 is 1.91 bits per heavy atom. The number of benzene rings is 1. The van der Waals surface area contributed by atoms with Crippen molar-refractivity contribution in [3.05, 3.63) is 47.3 Å². The highest BCUT2D eigenvalue weighted by molar-refractivity contribution is 7.89. The van der Waals surface area contributed by atoms with E-state index in [1.54, 1.807) is 16.8 Å². The van der Waals surface area contributed by atoms with E-state index in [-0.39, 0.29) is 10.8 Å². The van der Waals surface area contributed by atoms with Gasteiger partial charge >= 0.3 is 0 Å². The Morgan fingerprint density at radius 3 is 2.43 bits per heavy atom. The van der Waals surface area contributed by atoms with Crippen LogP contribution in [0, 0.1) is 13.8 Å². The summed E-state index contributed by atoms with van der Waals surface area (Å²) in [5.74, 6) is -0.0897. The van der Waals surface area contributed by atoms with Crippen LogP contribution >= 0.6 is 0 Å². The van der Waals surface area contributed by atoms with Gasteiger partial charge in [0.15, 0.2) is 0 Å². The number of carbonyl (C=O) groups excluding carboxylic acids is 1. The van der Waals surface area contributed by atoms with Gasteiger partial charge in [0.25, 0.3) is 0 Å². The molecule has 0 unspecified atom stereocenters. The summed E-state index contributed by atoms with van der Waals surface area (Å²) in [6.07, 6.45) is 0.331. The average Bonchev–Trinajstić information content (AvgIpc) is 2.80. The van der Waals surface area contributed by atoms with Gasteiger partial charge in [0.1, 0.15) is 0 Å². The third-order valence-electron chi connectivity index (χ3n) is 3.40. The molecule has 1 heterocycles. The lowest BCUT2D eigenvalue weighted by molar-refractivity contribution is -0.121. The smallest absolute Gasteiger partial charge is 0.238 e. The van der Waals surface area contributed by atoms with Crippen molar-refractivity contribution < 1.29 is 13.2 Å². The zero-order chi connectivity index (χ0) is 17.0. The first-order valence-corrected chi connectivity index (χ1v) is 8.70. The van der Waals surface area contributed by atoms with E-state index in [2.05, 4.69) is 10.4 Å². The molecule has 23 heavy (non-hydrogen) atoms. The maximum atomic E-state index is 11.9. The molecule has 0 saturated heterocycles. The molecule has 0 saturated carbocycles. The maximum absolute atomic E-state index is 11.9. The van der Waals surface area contributed by atoms with Crippen molar-refractivity contribution in [1.29, 1.82) is 0 Å². The topological polar surface area (TPSA) is 107 Å². The van der Waals surface area contributed by atoms with E-state index < -0.39 is 10.0 Å². The highest BCUT2D eigenvalue weighted by Gasteiger charge is 2.08. The van der Waals surface area contributed by atoms with E-state index in [0.717, 1.165) is 17.0 Å². The van der Waals surface area contributed by atoms with Gasteiger partial charge in [-0.15, -0.1) is 0 Å². The van der Waals surface area contributed by atoms with Crippen molar-refractivity contribution in [2.24, 2.45) is 5.14 Å². The van der Waals surface area contributed by atoms with Gasteiger partial charge in [-0.25, -0.2) is 13.6 Å². The molecule has 7 nitrogen and oxygen atoms in total. The average molecular weight is 336 g/mol. The lowest BCUT2D eigenvalue weighted by atomic mass is 10.2. The van der Waals surface area contributed by atoms with Gasteiger partial charge in [0.05, 0.1) is 10.6 Å². The second-order valence-electron chi connectivity index (χ2n) is 5.37. The summed E-state index contributed by atoms with van der Waals surface area (Å²) in [4.78, 5) is 11.9. The summed E-state index contributed by atoms with van der Waals surface area (Å²) in [6.45, 7) is 4.72. The Morgan fingerprint density at radius 1 is 1.26 bits per heavy atom. The second-order valence-corrected chi connectivity index (χ2v) is 6.93. The lowest BCUT2D eigenvalue weighted by Gasteiger charge is -2.07. The van der Waals surface area contributed by atoms with Crippen LogP contribution in [0.3, 0.4) is 0 Å². The molecule has 1 amide bonds. The highest BCUT2D eigenvalue weighted by Crippen LogP contribution is 2.08. The number of aryl methyl sites for hydroxylation is 3. The molecule has 0 fully saturated rings. The lowest BCUT2D eigenvalue weighted by Crippen LogP contribution is -2.24. The molecule has 3 N–H and O–H groups in total. The number of nitrogens with two attached hydrogens (primary N) is 1. The van der Waals surface area contributed by atoms with Gasteiger partial charge in [0, 0.05) is 25.2 Å². The summed E-state index contributed by atoms with van der Waals surface area (Å²) in [7, 11) is -3.69. The molecule has 0 aliphatic carbocycles. The molecular formula is C15H20N4O3S. The fourth-order valence-corrected chi connectivity index (χ4v) is 2.71. The largest absolute Gasteiger partial charge is 0.352 e. The second kappa shape index (κ2) is 6.93. The first-order chi connectivity index (χ1) is 10.8. The van der Waals surface area contributed by atoms with Crippen molar-refractivity contribution in [3.8, 4) is 0 Å². The van der Waals surface area contributed by atoms with Crippen LogP contribution in [-0.2, 0) is 27.9 Å². The van der Waals surface area contributed by atoms with Gasteiger partial charge in [-0.2, -0.15) is 5.10 Å². The molecule has 0 atom stereocenters. The molecule has 0 bridgehead atoms. The van der Waals surface area contributed by atoms with Crippen molar-refractivity contribution >= 4 is 15.9 Å². The van der Waals surface area contributed by atoms with E-state index in [1.165, 1.54) is 12.1 Å². The zero-order valence-electron chi connectivity index (χ0n) is 13.1. The zero-order valence-corrected chi connectivity index (χ0v) is 13.9. The Bertz CT molecular complexity index is 795. The summed E-state index contributed by atoms with van der Waals surface area (Å²) in [5, 5.41) is 12.1. The fraction of sp³-hybridized carbons (Fsp3) is 0.333. The van der Waals surface area contributed by atoms with Crippen LogP contribution in [0.15, 0.2) is 35.2 Å². The number of sulfonamides is 1. The molecule has 0 radical (unpaired) electrons. The summed E-state index contributed by atoms with van der Waals surface area (Å²) < 4.78 is 24.1. The summed E-state index contributed by atoms with van der Waals surface area (Å²) in [5.41, 5.74) is 2.75. The Hall–Kier alpha value is -2.19. The molecule has 1 aromatic carbocycles. The van der Waals surface area contributed by atoms with Crippen LogP contribution in [0.5, 0.6) is 0 Å². The van der Waals surface area contributed by atoms with Crippen LogP contribution in [0.2, 0.25) is 0 Å². The van der Waals surface area contributed by atoms with Gasteiger partial charge < -0.3 is 5.32 Å². The number of amides is 1. The third kappa shape index (κ3) is 4.90. The number of rotatable bonds is 6. The van der Waals surface area contributed by atoms with E-state index in [9.17, 15) is 13.2 Å².